The Balaban J connectivity index is 2.02. The van der Waals surface area contributed by atoms with Crippen LogP contribution >= 0.6 is 34.4 Å². The molecule has 0 atom stereocenters. The Bertz CT molecular complexity index is 520. The molecular formula is C10H11N3OS3. The van der Waals surface area contributed by atoms with Crippen LogP contribution in [0.25, 0.3) is 0 Å². The fraction of sp³-hybridized carbons (Fsp3) is 0.300. The maximum Gasteiger partial charge on any atom is 0.267 e. The number of thioether (sulfide) groups is 1. The van der Waals surface area contributed by atoms with E-state index in [4.69, 9.17) is 0 Å². The van der Waals surface area contributed by atoms with Crippen molar-refractivity contribution in [3.63, 3.8) is 0 Å². The van der Waals surface area contributed by atoms with Gasteiger partial charge in [0.2, 0.25) is 5.13 Å². The van der Waals surface area contributed by atoms with E-state index in [-0.39, 0.29) is 5.91 Å². The first-order chi connectivity index (χ1) is 8.19. The summed E-state index contributed by atoms with van der Waals surface area (Å²) in [4.78, 5) is 12.5. The zero-order valence-corrected chi connectivity index (χ0v) is 11.8. The summed E-state index contributed by atoms with van der Waals surface area (Å²) in [6.45, 7) is 4.02. The van der Waals surface area contributed by atoms with Gasteiger partial charge in [-0.1, -0.05) is 30.0 Å². The summed E-state index contributed by atoms with van der Waals surface area (Å²) in [6, 6.07) is 1.86. The summed E-state index contributed by atoms with van der Waals surface area (Å²) >= 11 is 4.45. The van der Waals surface area contributed by atoms with Gasteiger partial charge in [-0.3, -0.25) is 10.1 Å². The Kier molecular flexibility index (Phi) is 4.14. The van der Waals surface area contributed by atoms with Crippen molar-refractivity contribution in [2.75, 3.05) is 11.1 Å². The van der Waals surface area contributed by atoms with Crippen molar-refractivity contribution in [1.29, 1.82) is 0 Å². The smallest absolute Gasteiger partial charge is 0.267 e. The van der Waals surface area contributed by atoms with E-state index in [9.17, 15) is 4.79 Å². The molecule has 0 saturated heterocycles. The first kappa shape index (κ1) is 12.5. The highest BCUT2D eigenvalue weighted by Gasteiger charge is 2.11. The van der Waals surface area contributed by atoms with Crippen LogP contribution in [0, 0.1) is 6.92 Å². The van der Waals surface area contributed by atoms with Crippen molar-refractivity contribution in [1.82, 2.24) is 10.2 Å². The number of nitrogens with zero attached hydrogens (tertiary/aromatic N) is 2. The van der Waals surface area contributed by atoms with Crippen LogP contribution in [-0.4, -0.2) is 21.9 Å². The van der Waals surface area contributed by atoms with Crippen LogP contribution in [0.4, 0.5) is 5.13 Å². The molecule has 7 heteroatoms. The molecule has 0 aliphatic heterocycles. The van der Waals surface area contributed by atoms with Crippen molar-refractivity contribution in [3.05, 3.63) is 21.9 Å². The maximum atomic E-state index is 11.8. The third kappa shape index (κ3) is 3.27. The first-order valence-corrected chi connectivity index (χ1v) is 7.70. The van der Waals surface area contributed by atoms with Crippen LogP contribution in [0.1, 0.15) is 22.2 Å². The molecule has 0 aliphatic carbocycles. The standard InChI is InChI=1S/C10H11N3OS3/c1-3-15-10-13-12-9(17-10)11-8(14)7-4-6(2)5-16-7/h4-5H,3H2,1-2H3,(H,11,12,14). The van der Waals surface area contributed by atoms with Gasteiger partial charge in [0.05, 0.1) is 4.88 Å². The highest BCUT2D eigenvalue weighted by molar-refractivity contribution is 8.01. The van der Waals surface area contributed by atoms with E-state index in [1.54, 1.807) is 11.8 Å². The minimum Gasteiger partial charge on any atom is -0.296 e. The minimum atomic E-state index is -0.118. The van der Waals surface area contributed by atoms with Gasteiger partial charge >= 0.3 is 0 Å². The van der Waals surface area contributed by atoms with Crippen molar-refractivity contribution in [2.24, 2.45) is 0 Å². The fourth-order valence-electron chi connectivity index (χ4n) is 1.15. The van der Waals surface area contributed by atoms with E-state index in [0.29, 0.717) is 10.0 Å². The number of aromatic nitrogens is 2. The Hall–Kier alpha value is -0.920. The predicted octanol–water partition coefficient (Wildman–Crippen LogP) is 3.27. The monoisotopic (exact) mass is 285 g/mol. The number of hydrogen-bond acceptors (Lipinski definition) is 6. The van der Waals surface area contributed by atoms with Crippen LogP contribution in [0.5, 0.6) is 0 Å². The van der Waals surface area contributed by atoms with Crippen molar-refractivity contribution < 1.29 is 4.79 Å². The largest absolute Gasteiger partial charge is 0.296 e. The predicted molar refractivity (Wildman–Crippen MR) is 73.3 cm³/mol. The highest BCUT2D eigenvalue weighted by atomic mass is 32.2. The Morgan fingerprint density at radius 2 is 2.35 bits per heavy atom. The molecule has 2 rings (SSSR count). The molecule has 0 unspecified atom stereocenters. The van der Waals surface area contributed by atoms with Crippen LogP contribution < -0.4 is 5.32 Å². The molecule has 0 aromatic carbocycles. The van der Waals surface area contributed by atoms with Crippen LogP contribution in [-0.2, 0) is 0 Å². The summed E-state index contributed by atoms with van der Waals surface area (Å²) in [7, 11) is 0. The van der Waals surface area contributed by atoms with Crippen molar-refractivity contribution >= 4 is 45.5 Å². The molecule has 2 heterocycles. The van der Waals surface area contributed by atoms with E-state index in [1.807, 2.05) is 18.4 Å². The molecule has 90 valence electrons. The zero-order chi connectivity index (χ0) is 12.3. The molecule has 0 saturated carbocycles. The second-order valence-corrected chi connectivity index (χ2v) is 6.65. The number of amides is 1. The summed E-state index contributed by atoms with van der Waals surface area (Å²) in [6.07, 6.45) is 0. The Morgan fingerprint density at radius 1 is 1.53 bits per heavy atom. The van der Waals surface area contributed by atoms with E-state index in [1.165, 1.54) is 22.7 Å². The van der Waals surface area contributed by atoms with Crippen LogP contribution in [0.3, 0.4) is 0 Å². The summed E-state index contributed by atoms with van der Waals surface area (Å²) in [5, 5.41) is 13.2. The summed E-state index contributed by atoms with van der Waals surface area (Å²) in [5.41, 5.74) is 1.10. The topological polar surface area (TPSA) is 54.9 Å². The third-order valence-corrected chi connectivity index (χ3v) is 4.75. The number of carbonyl (C=O) groups is 1. The number of rotatable bonds is 4. The SMILES string of the molecule is CCSc1nnc(NC(=O)c2cc(C)cs2)s1. The van der Waals surface area contributed by atoms with Gasteiger partial charge in [-0.25, -0.2) is 0 Å². The lowest BCUT2D eigenvalue weighted by molar-refractivity contribution is 0.103. The number of anilines is 1. The van der Waals surface area contributed by atoms with Gasteiger partial charge in [0, 0.05) is 0 Å². The quantitative estimate of drug-likeness (QED) is 0.692. The Morgan fingerprint density at radius 3 is 3.00 bits per heavy atom. The van der Waals surface area contributed by atoms with E-state index in [0.717, 1.165) is 15.7 Å². The van der Waals surface area contributed by atoms with E-state index < -0.39 is 0 Å². The van der Waals surface area contributed by atoms with Crippen molar-refractivity contribution in [3.8, 4) is 0 Å². The van der Waals surface area contributed by atoms with Gasteiger partial charge in [-0.15, -0.1) is 21.5 Å². The first-order valence-electron chi connectivity index (χ1n) is 5.02. The molecule has 0 aliphatic rings. The number of aryl methyl sites for hydroxylation is 1. The van der Waals surface area contributed by atoms with Gasteiger partial charge < -0.3 is 0 Å². The number of hydrogen-bond donors (Lipinski definition) is 1. The molecule has 0 fully saturated rings. The van der Waals surface area contributed by atoms with E-state index >= 15 is 0 Å². The summed E-state index contributed by atoms with van der Waals surface area (Å²) < 4.78 is 0.880. The van der Waals surface area contributed by atoms with Gasteiger partial charge in [0.1, 0.15) is 0 Å². The van der Waals surface area contributed by atoms with Crippen LogP contribution in [0.2, 0.25) is 0 Å². The Labute approximate surface area is 111 Å². The second-order valence-electron chi connectivity index (χ2n) is 3.25. The average molecular weight is 285 g/mol. The number of carbonyl (C=O) groups excluding carboxylic acids is 1. The lowest BCUT2D eigenvalue weighted by Gasteiger charge is -1.96. The zero-order valence-electron chi connectivity index (χ0n) is 9.39. The molecule has 1 amide bonds. The molecule has 2 aromatic heterocycles. The van der Waals surface area contributed by atoms with E-state index in [2.05, 4.69) is 22.4 Å². The number of nitrogens with one attached hydrogen (secondary N) is 1. The molecule has 4 nitrogen and oxygen atoms in total. The molecule has 2 aromatic rings. The van der Waals surface area contributed by atoms with Gasteiger partial charge in [-0.05, 0) is 29.7 Å². The maximum absolute atomic E-state index is 11.8. The normalized spacial score (nSPS) is 10.5. The fourth-order valence-corrected chi connectivity index (χ4v) is 3.59. The number of thiophene rings is 1. The van der Waals surface area contributed by atoms with Gasteiger partial charge in [0.25, 0.3) is 5.91 Å². The molecule has 0 spiro atoms. The second kappa shape index (κ2) is 5.61. The van der Waals surface area contributed by atoms with Crippen molar-refractivity contribution in [2.45, 2.75) is 18.2 Å². The lowest BCUT2D eigenvalue weighted by Crippen LogP contribution is -2.09. The summed E-state index contributed by atoms with van der Waals surface area (Å²) in [5.74, 6) is 0.833. The van der Waals surface area contributed by atoms with Gasteiger partial charge in [-0.2, -0.15) is 0 Å². The van der Waals surface area contributed by atoms with Gasteiger partial charge in [0.15, 0.2) is 4.34 Å². The third-order valence-electron chi connectivity index (χ3n) is 1.85. The minimum absolute atomic E-state index is 0.118. The molecule has 0 radical (unpaired) electrons. The molecule has 1 N–H and O–H groups in total. The van der Waals surface area contributed by atoms with Crippen LogP contribution in [0.15, 0.2) is 15.8 Å². The highest BCUT2D eigenvalue weighted by Crippen LogP contribution is 2.25. The molecule has 17 heavy (non-hydrogen) atoms. The lowest BCUT2D eigenvalue weighted by atomic mass is 10.3. The molecule has 0 bridgehead atoms. The average Bonchev–Trinajstić information content (AvgIpc) is 2.88. The molecular weight excluding hydrogens is 274 g/mol.